The van der Waals surface area contributed by atoms with E-state index in [-0.39, 0.29) is 0 Å². The van der Waals surface area contributed by atoms with Gasteiger partial charge in [0, 0.05) is 12.1 Å². The van der Waals surface area contributed by atoms with Crippen molar-refractivity contribution in [1.82, 2.24) is 0 Å². The number of hydrogen-bond donors (Lipinski definition) is 1. The van der Waals surface area contributed by atoms with Crippen molar-refractivity contribution >= 4 is 21.9 Å². The van der Waals surface area contributed by atoms with Gasteiger partial charge in [0.15, 0.2) is 0 Å². The summed E-state index contributed by atoms with van der Waals surface area (Å²) < 4.78 is 16.6. The van der Waals surface area contributed by atoms with E-state index in [2.05, 4.69) is 0 Å². The van der Waals surface area contributed by atoms with Crippen LogP contribution in [-0.2, 0) is 0 Å². The van der Waals surface area contributed by atoms with Crippen LogP contribution in [0.15, 0.2) is 67.5 Å². The number of hydrogen-bond acceptors (Lipinski definition) is 5. The number of allylic oxidation sites excluding steroid dienone is 1. The van der Waals surface area contributed by atoms with Crippen molar-refractivity contribution in [3.8, 4) is 5.75 Å². The second-order valence-electron chi connectivity index (χ2n) is 6.58. The summed E-state index contributed by atoms with van der Waals surface area (Å²) in [4.78, 5) is 11.5. The molecule has 0 amide bonds. The van der Waals surface area contributed by atoms with Crippen LogP contribution < -0.4 is 10.4 Å². The van der Waals surface area contributed by atoms with E-state index in [0.29, 0.717) is 35.3 Å². The Labute approximate surface area is 151 Å². The van der Waals surface area contributed by atoms with E-state index in [1.54, 1.807) is 18.4 Å². The Bertz CT molecular complexity index is 1030. The molecule has 3 rings (SSSR count). The number of fused-ring (bicyclic) bond motifs is 2. The third-order valence-corrected chi connectivity index (χ3v) is 4.03. The molecule has 2 heterocycles. The third-order valence-electron chi connectivity index (χ3n) is 4.03. The molecule has 1 unspecified atom stereocenters. The molecule has 26 heavy (non-hydrogen) atoms. The van der Waals surface area contributed by atoms with Crippen molar-refractivity contribution < 1.29 is 18.7 Å². The Morgan fingerprint density at radius 2 is 1.96 bits per heavy atom. The largest absolute Gasteiger partial charge is 0.488 e. The maximum Gasteiger partial charge on any atom is 0.336 e. The van der Waals surface area contributed by atoms with E-state index in [4.69, 9.17) is 13.6 Å². The molecule has 0 saturated carbocycles. The topological polar surface area (TPSA) is 72.8 Å². The highest BCUT2D eigenvalue weighted by Crippen LogP contribution is 2.35. The fourth-order valence-corrected chi connectivity index (χ4v) is 2.89. The first-order valence-electron chi connectivity index (χ1n) is 8.49. The first-order chi connectivity index (χ1) is 12.4. The van der Waals surface area contributed by atoms with E-state index in [0.717, 1.165) is 16.5 Å². The van der Waals surface area contributed by atoms with Crippen molar-refractivity contribution in [1.29, 1.82) is 0 Å². The molecule has 0 aliphatic rings. The minimum absolute atomic E-state index is 0.339. The van der Waals surface area contributed by atoms with Gasteiger partial charge in [0.05, 0.1) is 23.1 Å². The van der Waals surface area contributed by atoms with Gasteiger partial charge in [-0.15, -0.1) is 0 Å². The molecule has 0 radical (unpaired) electrons. The zero-order valence-electron chi connectivity index (χ0n) is 15.1. The van der Waals surface area contributed by atoms with Crippen LogP contribution in [0.3, 0.4) is 0 Å². The van der Waals surface area contributed by atoms with Gasteiger partial charge in [-0.25, -0.2) is 4.79 Å². The molecule has 1 atom stereocenters. The molecule has 0 fully saturated rings. The molecular formula is C21H22O5. The Hall–Kier alpha value is -2.79. The Kier molecular flexibility index (Phi) is 5.28. The predicted molar refractivity (Wildman–Crippen MR) is 102 cm³/mol. The number of benzene rings is 1. The molecule has 5 nitrogen and oxygen atoms in total. The van der Waals surface area contributed by atoms with E-state index < -0.39 is 11.7 Å². The number of aliphatic hydroxyl groups excluding tert-OH is 1. The van der Waals surface area contributed by atoms with Gasteiger partial charge >= 0.3 is 5.63 Å². The number of ether oxygens (including phenoxy) is 1. The van der Waals surface area contributed by atoms with Crippen LogP contribution in [0.5, 0.6) is 5.75 Å². The molecule has 1 aromatic carbocycles. The van der Waals surface area contributed by atoms with Crippen LogP contribution in [0.4, 0.5) is 0 Å². The summed E-state index contributed by atoms with van der Waals surface area (Å²) in [7, 11) is 0. The fourth-order valence-electron chi connectivity index (χ4n) is 2.89. The third kappa shape index (κ3) is 4.06. The molecule has 0 aliphatic heterocycles. The van der Waals surface area contributed by atoms with E-state index in [1.807, 2.05) is 39.0 Å². The van der Waals surface area contributed by atoms with E-state index >= 15 is 0 Å². The normalized spacial score (nSPS) is 13.2. The van der Waals surface area contributed by atoms with Gasteiger partial charge in [0.2, 0.25) is 0 Å². The highest BCUT2D eigenvalue weighted by molar-refractivity contribution is 6.01. The lowest BCUT2D eigenvalue weighted by atomic mass is 10.1. The summed E-state index contributed by atoms with van der Waals surface area (Å²) >= 11 is 0. The fraction of sp³-hybridized carbons (Fsp3) is 0.286. The zero-order valence-corrected chi connectivity index (χ0v) is 15.1. The lowest BCUT2D eigenvalue weighted by Gasteiger charge is -2.10. The van der Waals surface area contributed by atoms with Gasteiger partial charge in [-0.05, 0) is 45.4 Å². The average Bonchev–Trinajstić information content (AvgIpc) is 3.01. The zero-order chi connectivity index (χ0) is 18.7. The maximum absolute atomic E-state index is 11.5. The van der Waals surface area contributed by atoms with Crippen molar-refractivity contribution in [2.24, 2.45) is 0 Å². The van der Waals surface area contributed by atoms with Crippen LogP contribution in [0.25, 0.3) is 21.9 Å². The number of aliphatic hydroxyl groups is 1. The maximum atomic E-state index is 11.5. The smallest absolute Gasteiger partial charge is 0.336 e. The Morgan fingerprint density at radius 1 is 1.19 bits per heavy atom. The van der Waals surface area contributed by atoms with Crippen molar-refractivity contribution in [3.05, 3.63) is 64.2 Å². The molecule has 1 N–H and O–H groups in total. The lowest BCUT2D eigenvalue weighted by Crippen LogP contribution is -2.04. The molecule has 0 bridgehead atoms. The summed E-state index contributed by atoms with van der Waals surface area (Å²) in [5.74, 6) is 0.615. The summed E-state index contributed by atoms with van der Waals surface area (Å²) in [6.07, 6.45) is 5.40. The van der Waals surface area contributed by atoms with E-state index in [9.17, 15) is 9.90 Å². The molecule has 0 saturated heterocycles. The van der Waals surface area contributed by atoms with Crippen molar-refractivity contribution in [2.75, 3.05) is 6.61 Å². The van der Waals surface area contributed by atoms with Crippen LogP contribution in [-0.4, -0.2) is 17.8 Å². The van der Waals surface area contributed by atoms with Crippen LogP contribution in [0, 0.1) is 0 Å². The second-order valence-corrected chi connectivity index (χ2v) is 6.58. The molecule has 3 aromatic rings. The second kappa shape index (κ2) is 7.62. The SMILES string of the molecule is CC(C)=CC(O)CC(C)=CCOc1c2ccoc2cc2oc(=O)ccc12. The van der Waals surface area contributed by atoms with Gasteiger partial charge in [-0.3, -0.25) is 0 Å². The first kappa shape index (κ1) is 18.0. The molecule has 0 aliphatic carbocycles. The minimum atomic E-state index is -0.497. The van der Waals surface area contributed by atoms with Gasteiger partial charge < -0.3 is 18.7 Å². The molecule has 2 aromatic heterocycles. The van der Waals surface area contributed by atoms with Crippen LogP contribution in [0.1, 0.15) is 27.2 Å². The standard InChI is InChI=1S/C21H22O5/c1-13(2)10-15(22)11-14(3)6-8-25-21-16-4-5-20(23)26-19(16)12-18-17(21)7-9-24-18/h4-7,9-10,12,15,22H,8,11H2,1-3H3. The highest BCUT2D eigenvalue weighted by Gasteiger charge is 2.13. The Balaban J connectivity index is 1.83. The van der Waals surface area contributed by atoms with Crippen LogP contribution >= 0.6 is 0 Å². The minimum Gasteiger partial charge on any atom is -0.488 e. The van der Waals surface area contributed by atoms with Crippen molar-refractivity contribution in [2.45, 2.75) is 33.3 Å². The van der Waals surface area contributed by atoms with Gasteiger partial charge in [0.25, 0.3) is 0 Å². The molecule has 5 heteroatoms. The highest BCUT2D eigenvalue weighted by atomic mass is 16.5. The quantitative estimate of drug-likeness (QED) is 0.518. The number of furan rings is 1. The molecule has 136 valence electrons. The first-order valence-corrected chi connectivity index (χ1v) is 8.49. The molecular weight excluding hydrogens is 332 g/mol. The van der Waals surface area contributed by atoms with Crippen molar-refractivity contribution in [3.63, 3.8) is 0 Å². The van der Waals surface area contributed by atoms with Gasteiger partial charge in [0.1, 0.15) is 23.5 Å². The summed E-state index contributed by atoms with van der Waals surface area (Å²) in [5.41, 5.74) is 2.72. The summed E-state index contributed by atoms with van der Waals surface area (Å²) in [5, 5.41) is 11.5. The van der Waals surface area contributed by atoms with Gasteiger partial charge in [-0.1, -0.05) is 17.2 Å². The predicted octanol–water partition coefficient (Wildman–Crippen LogP) is 4.58. The summed E-state index contributed by atoms with van der Waals surface area (Å²) in [6.45, 7) is 6.22. The number of rotatable bonds is 6. The summed E-state index contributed by atoms with van der Waals surface area (Å²) in [6, 6.07) is 6.58. The Morgan fingerprint density at radius 3 is 2.73 bits per heavy atom. The molecule has 0 spiro atoms. The van der Waals surface area contributed by atoms with Gasteiger partial charge in [-0.2, -0.15) is 0 Å². The average molecular weight is 354 g/mol. The lowest BCUT2D eigenvalue weighted by molar-refractivity contribution is 0.222. The monoisotopic (exact) mass is 354 g/mol. The van der Waals surface area contributed by atoms with E-state index in [1.165, 1.54) is 6.07 Å². The van der Waals surface area contributed by atoms with Crippen LogP contribution in [0.2, 0.25) is 0 Å².